The number of hydrogen-bond acceptors (Lipinski definition) is 20. The van der Waals surface area contributed by atoms with E-state index in [-0.39, 0.29) is 6.42 Å². The smallest absolute Gasteiger partial charge is 0.299 e. The van der Waals surface area contributed by atoms with Crippen molar-refractivity contribution in [3.8, 4) is 11.5 Å². The first-order chi connectivity index (χ1) is 47.8. The van der Waals surface area contributed by atoms with E-state index in [1.54, 1.807) is 0 Å². The van der Waals surface area contributed by atoms with E-state index in [2.05, 4.69) is 37.7 Å². The van der Waals surface area contributed by atoms with Gasteiger partial charge in [-0.15, -0.1) is 0 Å². The number of primary amides is 1. The zero-order chi connectivity index (χ0) is 73.7. The number of unbranched alkanes of at least 4 members (excludes halogenated alkanes) is 32. The molecule has 0 spiro atoms. The van der Waals surface area contributed by atoms with E-state index in [0.29, 0.717) is 22.6 Å². The third-order valence-electron chi connectivity index (χ3n) is 19.6. The molecular weight excluding hydrogens is 1320 g/mol. The van der Waals surface area contributed by atoms with Crippen molar-refractivity contribution in [2.75, 3.05) is 13.1 Å². The number of fused-ring (bicyclic) bond motifs is 2. The molecule has 3 saturated heterocycles. The summed E-state index contributed by atoms with van der Waals surface area (Å²) in [5.74, 6) is -12.6. The molecule has 0 radical (unpaired) electrons. The molecule has 4 rings (SSSR count). The van der Waals surface area contributed by atoms with Crippen LogP contribution in [0.1, 0.15) is 270 Å². The van der Waals surface area contributed by atoms with Crippen molar-refractivity contribution in [2.24, 2.45) is 11.7 Å². The average Bonchev–Trinajstić information content (AvgIpc) is 1.64. The molecule has 8 amide bonds. The number of carbonyl (C=O) groups is 8. The highest BCUT2D eigenvalue weighted by Gasteiger charge is 2.51. The molecule has 0 aliphatic carbocycles. The van der Waals surface area contributed by atoms with E-state index in [0.717, 1.165) is 57.2 Å². The Balaban J connectivity index is 1.33. The maximum atomic E-state index is 14.7. The number of nitrogens with zero attached hydrogens (tertiary/aromatic N) is 2. The van der Waals surface area contributed by atoms with Crippen LogP contribution in [0.15, 0.2) is 18.2 Å². The molecule has 16 N–H and O–H groups in total. The fraction of sp³-hybridized carbons (Fsp3) is 0.803. The van der Waals surface area contributed by atoms with Crippen molar-refractivity contribution in [3.05, 3.63) is 23.8 Å². The summed E-state index contributed by atoms with van der Waals surface area (Å²) in [6, 6.07) is -9.99. The Kier molecular flexibility index (Phi) is 41.1. The molecular formula is C71H122N8O20S. The molecule has 100 heavy (non-hydrogen) atoms. The van der Waals surface area contributed by atoms with Gasteiger partial charge in [0, 0.05) is 38.3 Å². The van der Waals surface area contributed by atoms with Gasteiger partial charge in [-0.05, 0) is 31.0 Å². The van der Waals surface area contributed by atoms with Crippen LogP contribution in [0.25, 0.3) is 0 Å². The normalized spacial score (nSPS) is 24.9. The van der Waals surface area contributed by atoms with Crippen LogP contribution in [0.2, 0.25) is 0 Å². The maximum Gasteiger partial charge on any atom is 0.299 e. The number of nitrogens with one attached hydrogen (secondary N) is 5. The number of rotatable bonds is 44. The molecule has 3 aliphatic heterocycles. The van der Waals surface area contributed by atoms with Gasteiger partial charge in [-0.1, -0.05) is 225 Å². The molecule has 29 heteroatoms. The molecule has 3 aliphatic rings. The third-order valence-corrected chi connectivity index (χ3v) is 19.9. The van der Waals surface area contributed by atoms with Gasteiger partial charge in [-0.3, -0.25) is 38.4 Å². The Morgan fingerprint density at radius 1 is 0.590 bits per heavy atom. The van der Waals surface area contributed by atoms with Gasteiger partial charge in [-0.2, -0.15) is 8.42 Å². The minimum absolute atomic E-state index is 0.102. The van der Waals surface area contributed by atoms with E-state index in [4.69, 9.17) is 5.73 Å². The molecule has 0 bridgehead atoms. The fourth-order valence-electron chi connectivity index (χ4n) is 13.6. The van der Waals surface area contributed by atoms with Gasteiger partial charge in [-0.25, -0.2) is 0 Å². The maximum absolute atomic E-state index is 14.7. The first-order valence-electron chi connectivity index (χ1n) is 37.3. The van der Waals surface area contributed by atoms with E-state index in [1.807, 2.05) is 0 Å². The summed E-state index contributed by atoms with van der Waals surface area (Å²) in [4.78, 5) is 114. The predicted octanol–water partition coefficient (Wildman–Crippen LogP) is 3.90. The van der Waals surface area contributed by atoms with Gasteiger partial charge in [0.15, 0.2) is 17.7 Å². The largest absolute Gasteiger partial charge is 0.504 e. The van der Waals surface area contributed by atoms with Gasteiger partial charge in [0.2, 0.25) is 47.3 Å². The number of amides is 8. The van der Waals surface area contributed by atoms with Crippen LogP contribution in [0, 0.1) is 5.92 Å². The lowest BCUT2D eigenvalue weighted by Crippen LogP contribution is -2.64. The third kappa shape index (κ3) is 30.6. The minimum atomic E-state index is -3.67. The van der Waals surface area contributed by atoms with E-state index >= 15 is 0 Å². The number of aromatic hydroxyl groups is 1. The first-order valence-corrected chi connectivity index (χ1v) is 38.4. The molecule has 28 nitrogen and oxygen atoms in total. The predicted molar refractivity (Wildman–Crippen MR) is 373 cm³/mol. The Labute approximate surface area is 592 Å². The van der Waals surface area contributed by atoms with Crippen LogP contribution in [0.3, 0.4) is 0 Å². The summed E-state index contributed by atoms with van der Waals surface area (Å²) in [5.41, 5.74) is 4.91. The SMILES string of the molecule is CCCCCCCCCCCCCCCCCCCCCCCCCCCCCCCCCCCC(=O)NC1CC(O)C(O)NC(=O)C2C(O)C(C)CN2C(=O)C(C(O)CC(N)=O)NC(=O)C(C(O)C(O)c2ccc(O)c(O[SH](=O)=O)c2)NC(=O)C2CC(O)CN2C(=O)C(C(C)O)NC1=O. The standard InChI is InChI=1S/C71H122N8O20S/c1-4-5-6-7-8-9-10-11-12-13-14-15-16-17-18-19-20-21-22-23-24-25-26-27-28-29-30-31-32-33-34-35-36-37-57(86)73-50-42-54(84)67(92)77-69(94)61-62(87)46(2)44-79(61)71(96)59(53(83)43-56(72)85)75-68(93)60(64(89)63(88)48-38-39-52(82)55(40-48)99-100(97)98)76-66(91)51-41-49(81)45-78(51)70(95)58(47(3)80)74-65(50)90/h38-40,46-47,49-51,53-54,58-64,67,80-84,87-89,92,100H,4-37,41-45H2,1-3H3,(H2,72,85)(H,73,86)(H,74,90)(H,75,93)(H,76,91)(H,77,94). The van der Waals surface area contributed by atoms with Crippen molar-refractivity contribution in [2.45, 2.75) is 344 Å². The molecule has 3 heterocycles. The Morgan fingerprint density at radius 2 is 1.04 bits per heavy atom. The summed E-state index contributed by atoms with van der Waals surface area (Å²) < 4.78 is 27.4. The second-order valence-corrected chi connectivity index (χ2v) is 28.8. The number of nitrogens with two attached hydrogens (primary N) is 1. The molecule has 0 aromatic heterocycles. The number of hydrogen-bond donors (Lipinski definition) is 16. The van der Waals surface area contributed by atoms with Crippen LogP contribution in [0.5, 0.6) is 11.5 Å². The van der Waals surface area contributed by atoms with E-state index < -0.39 is 199 Å². The highest BCUT2D eigenvalue weighted by atomic mass is 32.2. The summed E-state index contributed by atoms with van der Waals surface area (Å²) in [7, 11) is -3.67. The lowest BCUT2D eigenvalue weighted by atomic mass is 9.96. The van der Waals surface area contributed by atoms with Crippen LogP contribution in [-0.2, 0) is 49.3 Å². The van der Waals surface area contributed by atoms with Gasteiger partial charge in [0.05, 0.1) is 30.8 Å². The first kappa shape index (κ1) is 86.6. The molecule has 0 saturated carbocycles. The fourth-order valence-corrected chi connectivity index (χ4v) is 13.9. The van der Waals surface area contributed by atoms with Crippen molar-refractivity contribution in [3.63, 3.8) is 0 Å². The lowest BCUT2D eigenvalue weighted by molar-refractivity contribution is -0.149. The van der Waals surface area contributed by atoms with E-state index in [9.17, 15) is 92.7 Å². The highest BCUT2D eigenvalue weighted by molar-refractivity contribution is 7.67. The van der Waals surface area contributed by atoms with Crippen molar-refractivity contribution in [1.82, 2.24) is 36.4 Å². The summed E-state index contributed by atoms with van der Waals surface area (Å²) >= 11 is 0. The summed E-state index contributed by atoms with van der Waals surface area (Å²) in [5, 5.41) is 112. The lowest BCUT2D eigenvalue weighted by Gasteiger charge is -2.34. The van der Waals surface area contributed by atoms with Crippen molar-refractivity contribution in [1.29, 1.82) is 0 Å². The average molecular weight is 1440 g/mol. The summed E-state index contributed by atoms with van der Waals surface area (Å²) in [6.07, 6.45) is 22.0. The minimum Gasteiger partial charge on any atom is -0.504 e. The number of phenols is 1. The van der Waals surface area contributed by atoms with Crippen LogP contribution < -0.4 is 36.5 Å². The van der Waals surface area contributed by atoms with Crippen molar-refractivity contribution >= 4 is 58.2 Å². The van der Waals surface area contributed by atoms with Crippen molar-refractivity contribution < 1.29 is 96.9 Å². The van der Waals surface area contributed by atoms with Crippen LogP contribution in [-0.4, -0.2) is 204 Å². The Bertz CT molecular complexity index is 2720. The number of phenolic OH excluding ortho intramolecular Hbond substituents is 1. The summed E-state index contributed by atoms with van der Waals surface area (Å²) in [6.45, 7) is 3.58. The number of carbonyl (C=O) groups excluding carboxylic acids is 8. The second kappa shape index (κ2) is 47.5. The van der Waals surface area contributed by atoms with Crippen LogP contribution >= 0.6 is 0 Å². The molecule has 1 aromatic rings. The molecule has 1 aromatic carbocycles. The Hall–Kier alpha value is -5.79. The molecule has 3 fully saturated rings. The second-order valence-electron chi connectivity index (χ2n) is 28.2. The number of aliphatic hydroxyl groups excluding tert-OH is 8. The number of aliphatic hydroxyl groups is 8. The molecule has 15 atom stereocenters. The van der Waals surface area contributed by atoms with Gasteiger partial charge in [0.1, 0.15) is 54.6 Å². The zero-order valence-corrected chi connectivity index (χ0v) is 60.3. The quantitative estimate of drug-likeness (QED) is 0.0325. The number of benzene rings is 1. The topological polar surface area (TPSA) is 455 Å². The zero-order valence-electron chi connectivity index (χ0n) is 59.4. The van der Waals surface area contributed by atoms with E-state index in [1.165, 1.54) is 174 Å². The highest BCUT2D eigenvalue weighted by Crippen LogP contribution is 2.33. The number of thiol groups is 1. The molecule has 572 valence electrons. The monoisotopic (exact) mass is 1440 g/mol. The van der Waals surface area contributed by atoms with Gasteiger partial charge in [0.25, 0.3) is 11.0 Å². The van der Waals surface area contributed by atoms with Crippen LogP contribution in [0.4, 0.5) is 0 Å². The molecule has 15 unspecified atom stereocenters. The Morgan fingerprint density at radius 3 is 1.50 bits per heavy atom. The van der Waals surface area contributed by atoms with Gasteiger partial charge >= 0.3 is 0 Å². The van der Waals surface area contributed by atoms with Gasteiger partial charge < -0.3 is 92.3 Å².